The Balaban J connectivity index is 1.71. The highest BCUT2D eigenvalue weighted by molar-refractivity contribution is 7.99. The molecule has 13 nitrogen and oxygen atoms in total. The van der Waals surface area contributed by atoms with E-state index in [9.17, 15) is 34.5 Å². The Morgan fingerprint density at radius 3 is 2.53 bits per heavy atom. The van der Waals surface area contributed by atoms with Crippen molar-refractivity contribution in [2.24, 2.45) is 17.8 Å². The minimum absolute atomic E-state index is 0.0910. The number of epoxide rings is 1. The Labute approximate surface area is 333 Å². The second-order valence-electron chi connectivity index (χ2n) is 15.7. The molecule has 0 radical (unpaired) electrons. The van der Waals surface area contributed by atoms with Crippen molar-refractivity contribution in [1.82, 2.24) is 10.2 Å². The number of halogens is 1. The number of carbonyl (C=O) groups is 4. The van der Waals surface area contributed by atoms with E-state index >= 15 is 0 Å². The summed E-state index contributed by atoms with van der Waals surface area (Å²) >= 11 is 8.49. The van der Waals surface area contributed by atoms with Crippen molar-refractivity contribution < 1.29 is 48.7 Å². The lowest BCUT2D eigenvalue weighted by Crippen LogP contribution is -2.62. The second kappa shape index (κ2) is 18.4. The van der Waals surface area contributed by atoms with Gasteiger partial charge < -0.3 is 39.3 Å². The van der Waals surface area contributed by atoms with Gasteiger partial charge in [0, 0.05) is 38.3 Å². The molecule has 1 unspecified atom stereocenters. The van der Waals surface area contributed by atoms with Gasteiger partial charge in [0.25, 0.3) is 0 Å². The molecule has 3 heterocycles. The van der Waals surface area contributed by atoms with Crippen molar-refractivity contribution >= 4 is 52.9 Å². The number of fused-ring (bicyclic) bond motifs is 5. The fourth-order valence-electron chi connectivity index (χ4n) is 7.23. The summed E-state index contributed by atoms with van der Waals surface area (Å²) in [7, 11) is 3.10. The van der Waals surface area contributed by atoms with Crippen LogP contribution in [0.25, 0.3) is 0 Å². The van der Waals surface area contributed by atoms with Crippen molar-refractivity contribution in [1.29, 1.82) is 0 Å². The molecule has 0 aliphatic carbocycles. The third-order valence-corrected chi connectivity index (χ3v) is 12.7. The van der Waals surface area contributed by atoms with Gasteiger partial charge in [0.1, 0.15) is 23.9 Å². The summed E-state index contributed by atoms with van der Waals surface area (Å²) in [6.45, 7) is 12.1. The van der Waals surface area contributed by atoms with E-state index in [2.05, 4.69) is 19.2 Å². The largest absolute Gasteiger partial charge is 0.457 e. The van der Waals surface area contributed by atoms with Crippen LogP contribution in [-0.2, 0) is 41.6 Å². The number of rotatable bonds is 10. The maximum Gasteiger partial charge on any atom is 0.409 e. The Hall–Kier alpha value is -3.14. The Morgan fingerprint density at radius 1 is 1.20 bits per heavy atom. The minimum Gasteiger partial charge on any atom is -0.457 e. The second-order valence-corrected chi connectivity index (χ2v) is 17.8. The number of ether oxygens (including phenoxy) is 3. The topological polar surface area (TPSA) is 178 Å². The number of alkyl carbamates (subject to hydrolysis) is 1. The van der Waals surface area contributed by atoms with Gasteiger partial charge in [0.15, 0.2) is 5.72 Å². The molecule has 0 aromatic heterocycles. The van der Waals surface area contributed by atoms with Gasteiger partial charge in [0.05, 0.1) is 36.4 Å². The van der Waals surface area contributed by atoms with Crippen LogP contribution in [0.4, 0.5) is 10.5 Å². The smallest absolute Gasteiger partial charge is 0.409 e. The van der Waals surface area contributed by atoms with Crippen LogP contribution in [0, 0.1) is 17.8 Å². The Morgan fingerprint density at radius 2 is 1.89 bits per heavy atom. The van der Waals surface area contributed by atoms with E-state index in [4.69, 9.17) is 25.8 Å². The highest BCUT2D eigenvalue weighted by Crippen LogP contribution is 2.49. The van der Waals surface area contributed by atoms with Crippen LogP contribution in [0.3, 0.4) is 0 Å². The summed E-state index contributed by atoms with van der Waals surface area (Å²) in [6, 6.07) is 2.52. The maximum absolute atomic E-state index is 14.2. The van der Waals surface area contributed by atoms with E-state index in [0.29, 0.717) is 29.3 Å². The predicted molar refractivity (Wildman–Crippen MR) is 211 cm³/mol. The number of hydrogen-bond donors (Lipinski definition) is 4. The average molecular weight is 808 g/mol. The SMILES string of the molecule is C/C1=C\C=C\[C@@H](CO)[C@@]2(O)C[C@H](OC(=O)N2)[C@@H](C)[C@@H]2O[C@@]2(C)[C@@H](OC(=O)[C@H](C)N(C)C(=O)C(C)CCSC(C)C)CC(=O)N(C)c2cc(cc(CO)c2Cl)C1. The highest BCUT2D eigenvalue weighted by Gasteiger charge is 2.64. The van der Waals surface area contributed by atoms with Crippen molar-refractivity contribution in [2.75, 3.05) is 31.4 Å². The first-order valence-corrected chi connectivity index (χ1v) is 20.3. The lowest BCUT2D eigenvalue weighted by Gasteiger charge is -2.42. The molecule has 4 bridgehead atoms. The molecule has 1 aromatic carbocycles. The Bertz CT molecular complexity index is 1660. The number of nitrogens with one attached hydrogen (secondary N) is 1. The molecular formula is C40H58ClN3O10S. The number of esters is 1. The van der Waals surface area contributed by atoms with E-state index < -0.39 is 72.1 Å². The molecule has 3 aliphatic heterocycles. The zero-order valence-corrected chi connectivity index (χ0v) is 34.9. The van der Waals surface area contributed by atoms with E-state index in [1.54, 1.807) is 70.9 Å². The van der Waals surface area contributed by atoms with Gasteiger partial charge in [-0.05, 0) is 61.8 Å². The van der Waals surface area contributed by atoms with Crippen LogP contribution in [0.2, 0.25) is 5.02 Å². The van der Waals surface area contributed by atoms with Gasteiger partial charge >= 0.3 is 12.1 Å². The number of amides is 3. The number of likely N-dealkylation sites (N-methyl/N-ethyl adjacent to an activating group) is 1. The van der Waals surface area contributed by atoms with Gasteiger partial charge in [-0.15, -0.1) is 0 Å². The lowest BCUT2D eigenvalue weighted by molar-refractivity contribution is -0.162. The maximum atomic E-state index is 14.2. The standard InChI is InChI=1S/C40H58ClN3O10S/c1-22(2)55-14-13-24(4)36(48)43(8)26(6)37(49)53-32-18-33(47)44(9)30-17-27(16-28(20-45)34(30)41)15-23(3)11-10-12-29(21-46)40(51)19-31(52-38(50)42-40)25(5)35-39(32,7)54-35/h10-12,16-17,22,24-26,29,31-32,35,45-46,51H,13-15,18-21H2,1-9H3,(H,42,50)/b12-10+,23-11+/t24?,25-,26+,29+,31+,32+,35+,39+,40+/m1/s1. The zero-order valence-electron chi connectivity index (χ0n) is 33.3. The fourth-order valence-corrected chi connectivity index (χ4v) is 8.49. The molecule has 4 N–H and O–H groups in total. The number of aliphatic hydroxyl groups is 3. The Kier molecular flexibility index (Phi) is 14.9. The van der Waals surface area contributed by atoms with E-state index in [0.717, 1.165) is 16.9 Å². The number of anilines is 1. The highest BCUT2D eigenvalue weighted by atomic mass is 35.5. The van der Waals surface area contributed by atoms with Gasteiger partial charge in [-0.25, -0.2) is 9.59 Å². The number of nitrogens with zero attached hydrogens (tertiary/aromatic N) is 2. The van der Waals surface area contributed by atoms with Crippen molar-refractivity contribution in [3.63, 3.8) is 0 Å². The third-order valence-electron chi connectivity index (χ3n) is 11.1. The molecule has 15 heteroatoms. The number of hydrogen-bond acceptors (Lipinski definition) is 11. The van der Waals surface area contributed by atoms with E-state index in [-0.39, 0.29) is 36.3 Å². The summed E-state index contributed by atoms with van der Waals surface area (Å²) in [6.07, 6.45) is 2.15. The van der Waals surface area contributed by atoms with Crippen LogP contribution in [0.15, 0.2) is 35.9 Å². The fraction of sp³-hybridized carbons (Fsp3) is 0.650. The van der Waals surface area contributed by atoms with Gasteiger partial charge in [0.2, 0.25) is 11.8 Å². The van der Waals surface area contributed by atoms with Crippen molar-refractivity contribution in [3.8, 4) is 0 Å². The molecule has 4 rings (SSSR count). The molecule has 306 valence electrons. The first kappa shape index (κ1) is 44.6. The predicted octanol–water partition coefficient (Wildman–Crippen LogP) is 4.76. The van der Waals surface area contributed by atoms with E-state index in [1.165, 1.54) is 9.80 Å². The molecule has 2 fully saturated rings. The van der Waals surface area contributed by atoms with Crippen molar-refractivity contribution in [2.45, 2.75) is 122 Å². The summed E-state index contributed by atoms with van der Waals surface area (Å²) in [4.78, 5) is 57.0. The normalized spacial score (nSPS) is 31.3. The summed E-state index contributed by atoms with van der Waals surface area (Å²) in [5.74, 6) is -2.38. The molecule has 55 heavy (non-hydrogen) atoms. The number of carbonyl (C=O) groups excluding carboxylic acids is 4. The minimum atomic E-state index is -1.86. The van der Waals surface area contributed by atoms with Gasteiger partial charge in [-0.1, -0.05) is 69.2 Å². The number of thioether (sulfide) groups is 1. The molecule has 0 saturated carbocycles. The van der Waals surface area contributed by atoms with Crippen LogP contribution < -0.4 is 10.2 Å². The molecule has 3 amide bonds. The molecule has 1 aromatic rings. The molecule has 3 aliphatic rings. The molecule has 2 saturated heterocycles. The first-order valence-electron chi connectivity index (χ1n) is 18.9. The van der Waals surface area contributed by atoms with Crippen LogP contribution in [0.1, 0.15) is 78.9 Å². The van der Waals surface area contributed by atoms with Crippen LogP contribution >= 0.6 is 23.4 Å². The van der Waals surface area contributed by atoms with Gasteiger partial charge in [-0.2, -0.15) is 11.8 Å². The van der Waals surface area contributed by atoms with Gasteiger partial charge in [-0.3, -0.25) is 14.9 Å². The van der Waals surface area contributed by atoms with E-state index in [1.807, 2.05) is 19.9 Å². The molecular weight excluding hydrogens is 750 g/mol. The first-order chi connectivity index (χ1) is 25.8. The number of benzene rings is 1. The van der Waals surface area contributed by atoms with Crippen LogP contribution in [-0.4, -0.2) is 111 Å². The average Bonchev–Trinajstić information content (AvgIpc) is 3.82. The van der Waals surface area contributed by atoms with Crippen molar-refractivity contribution in [3.05, 3.63) is 52.1 Å². The summed E-state index contributed by atoms with van der Waals surface area (Å²) in [5.41, 5.74) is -0.700. The quantitative estimate of drug-likeness (QED) is 0.189. The third kappa shape index (κ3) is 10.4. The number of allylic oxidation sites excluding steroid dienone is 3. The van der Waals surface area contributed by atoms with Crippen LogP contribution in [0.5, 0.6) is 0 Å². The summed E-state index contributed by atoms with van der Waals surface area (Å²) in [5, 5.41) is 35.3. The monoisotopic (exact) mass is 807 g/mol. The lowest BCUT2D eigenvalue weighted by atomic mass is 9.81. The molecule has 9 atom stereocenters. The zero-order chi connectivity index (χ0) is 41.0. The number of aliphatic hydroxyl groups excluding tert-OH is 2. The summed E-state index contributed by atoms with van der Waals surface area (Å²) < 4.78 is 18.0. The molecule has 0 spiro atoms.